The van der Waals surface area contributed by atoms with Crippen LogP contribution in [0.25, 0.3) is 5.00 Å². The maximum absolute atomic E-state index is 12.0. The van der Waals surface area contributed by atoms with Gasteiger partial charge in [0.05, 0.1) is 30.5 Å². The lowest BCUT2D eigenvalue weighted by Crippen LogP contribution is -2.11. The zero-order chi connectivity index (χ0) is 15.4. The molecule has 2 rings (SSSR count). The molecule has 1 N–H and O–H groups in total. The van der Waals surface area contributed by atoms with Gasteiger partial charge in [-0.3, -0.25) is 4.79 Å². The third-order valence-corrected chi connectivity index (χ3v) is 4.01. The van der Waals surface area contributed by atoms with E-state index in [1.165, 1.54) is 22.2 Å². The lowest BCUT2D eigenvalue weighted by atomic mass is 10.2. The summed E-state index contributed by atoms with van der Waals surface area (Å²) in [5, 5.41) is 17.1. The summed E-state index contributed by atoms with van der Waals surface area (Å²) < 4.78 is 6.43. The van der Waals surface area contributed by atoms with Crippen LogP contribution in [0.15, 0.2) is 12.3 Å². The average molecular weight is 309 g/mol. The maximum Gasteiger partial charge on any atom is 0.341 e. The Morgan fingerprint density at radius 3 is 2.81 bits per heavy atom. The van der Waals surface area contributed by atoms with Crippen molar-refractivity contribution >= 4 is 23.3 Å². The first-order valence-corrected chi connectivity index (χ1v) is 7.30. The molecule has 0 saturated heterocycles. The van der Waals surface area contributed by atoms with E-state index in [4.69, 9.17) is 9.84 Å². The van der Waals surface area contributed by atoms with E-state index in [9.17, 15) is 9.59 Å². The number of hydrogen-bond donors (Lipinski definition) is 1. The number of rotatable bonds is 6. The zero-order valence-electron chi connectivity index (χ0n) is 11.7. The van der Waals surface area contributed by atoms with Gasteiger partial charge in [0.2, 0.25) is 0 Å². The number of carbonyl (C=O) groups is 2. The van der Waals surface area contributed by atoms with Crippen molar-refractivity contribution in [2.24, 2.45) is 0 Å². The molecule has 21 heavy (non-hydrogen) atoms. The van der Waals surface area contributed by atoms with Crippen LogP contribution >= 0.6 is 11.3 Å². The topological polar surface area (TPSA) is 94.3 Å². The van der Waals surface area contributed by atoms with E-state index in [0.717, 1.165) is 11.3 Å². The predicted molar refractivity (Wildman–Crippen MR) is 75.9 cm³/mol. The van der Waals surface area contributed by atoms with Gasteiger partial charge in [-0.25, -0.2) is 9.48 Å². The molecule has 7 nitrogen and oxygen atoms in total. The summed E-state index contributed by atoms with van der Waals surface area (Å²) in [5.41, 5.74) is 0.799. The number of hydrogen-bond acceptors (Lipinski definition) is 6. The van der Waals surface area contributed by atoms with Gasteiger partial charge in [-0.1, -0.05) is 12.1 Å². The van der Waals surface area contributed by atoms with Crippen molar-refractivity contribution in [2.45, 2.75) is 26.7 Å². The molecule has 0 unspecified atom stereocenters. The van der Waals surface area contributed by atoms with Gasteiger partial charge in [0.25, 0.3) is 0 Å². The van der Waals surface area contributed by atoms with Gasteiger partial charge >= 0.3 is 11.9 Å². The van der Waals surface area contributed by atoms with E-state index in [1.807, 2.05) is 6.92 Å². The van der Waals surface area contributed by atoms with Crippen molar-refractivity contribution in [1.82, 2.24) is 15.0 Å². The van der Waals surface area contributed by atoms with E-state index in [-0.39, 0.29) is 13.0 Å². The highest BCUT2D eigenvalue weighted by Crippen LogP contribution is 2.28. The summed E-state index contributed by atoms with van der Waals surface area (Å²) in [6.07, 6.45) is 1.93. The Kier molecular flexibility index (Phi) is 4.69. The fraction of sp³-hybridized carbons (Fsp3) is 0.385. The van der Waals surface area contributed by atoms with Gasteiger partial charge in [-0.15, -0.1) is 16.4 Å². The molecule has 8 heteroatoms. The molecule has 0 aliphatic carbocycles. The molecule has 2 aromatic heterocycles. The Hall–Kier alpha value is -2.22. The SMILES string of the molecule is CCOC(=O)c1cc(CC)sc1-n1nncc1CC(=O)O. The number of nitrogens with zero attached hydrogens (tertiary/aromatic N) is 3. The fourth-order valence-electron chi connectivity index (χ4n) is 1.82. The van der Waals surface area contributed by atoms with Crippen LogP contribution in [0.3, 0.4) is 0 Å². The summed E-state index contributed by atoms with van der Waals surface area (Å²) >= 11 is 1.38. The summed E-state index contributed by atoms with van der Waals surface area (Å²) in [6, 6.07) is 1.75. The summed E-state index contributed by atoms with van der Waals surface area (Å²) in [4.78, 5) is 23.9. The molecular formula is C13H15N3O4S. The third-order valence-electron chi connectivity index (χ3n) is 2.75. The zero-order valence-corrected chi connectivity index (χ0v) is 12.5. The van der Waals surface area contributed by atoms with E-state index >= 15 is 0 Å². The minimum Gasteiger partial charge on any atom is -0.481 e. The monoisotopic (exact) mass is 309 g/mol. The van der Waals surface area contributed by atoms with Crippen molar-refractivity contribution in [3.8, 4) is 5.00 Å². The lowest BCUT2D eigenvalue weighted by molar-refractivity contribution is -0.136. The highest BCUT2D eigenvalue weighted by atomic mass is 32.1. The van der Waals surface area contributed by atoms with Crippen LogP contribution in [-0.2, 0) is 22.4 Å². The quantitative estimate of drug-likeness (QED) is 0.816. The normalized spacial score (nSPS) is 10.6. The molecule has 2 heterocycles. The summed E-state index contributed by atoms with van der Waals surface area (Å²) in [7, 11) is 0. The second-order valence-corrected chi connectivity index (χ2v) is 5.33. The van der Waals surface area contributed by atoms with Crippen molar-refractivity contribution in [1.29, 1.82) is 0 Å². The standard InChI is InChI=1S/C13H15N3O4S/c1-3-9-6-10(13(19)20-4-2)12(21-9)16-8(5-11(17)18)7-14-15-16/h6-7H,3-5H2,1-2H3,(H,17,18). The molecule has 0 bridgehead atoms. The van der Waals surface area contributed by atoms with Crippen LogP contribution in [0.5, 0.6) is 0 Å². The van der Waals surface area contributed by atoms with Crippen molar-refractivity contribution in [2.75, 3.05) is 6.61 Å². The molecule has 0 aromatic carbocycles. The third kappa shape index (κ3) is 3.27. The van der Waals surface area contributed by atoms with Gasteiger partial charge in [0.15, 0.2) is 0 Å². The number of carboxylic acid groups (broad SMARTS) is 1. The number of ether oxygens (including phenoxy) is 1. The van der Waals surface area contributed by atoms with Gasteiger partial charge in [0, 0.05) is 4.88 Å². The molecule has 0 saturated carbocycles. The molecule has 0 spiro atoms. The predicted octanol–water partition coefficient (Wildman–Crippen LogP) is 1.70. The van der Waals surface area contributed by atoms with Gasteiger partial charge in [-0.05, 0) is 19.4 Å². The summed E-state index contributed by atoms with van der Waals surface area (Å²) in [6.45, 7) is 3.98. The summed E-state index contributed by atoms with van der Waals surface area (Å²) in [5.74, 6) is -1.43. The number of aliphatic carboxylic acids is 1. The highest BCUT2D eigenvalue weighted by molar-refractivity contribution is 7.14. The van der Waals surface area contributed by atoms with Gasteiger partial charge in [-0.2, -0.15) is 0 Å². The van der Waals surface area contributed by atoms with Crippen molar-refractivity contribution in [3.05, 3.63) is 28.4 Å². The Morgan fingerprint density at radius 2 is 2.19 bits per heavy atom. The maximum atomic E-state index is 12.0. The van der Waals surface area contributed by atoms with Crippen LogP contribution in [-0.4, -0.2) is 38.6 Å². The molecule has 0 amide bonds. The van der Waals surface area contributed by atoms with Crippen LogP contribution < -0.4 is 0 Å². The molecule has 112 valence electrons. The smallest absolute Gasteiger partial charge is 0.341 e. The first-order chi connectivity index (χ1) is 10.1. The highest BCUT2D eigenvalue weighted by Gasteiger charge is 2.21. The van der Waals surface area contributed by atoms with Crippen LogP contribution in [0.1, 0.15) is 34.8 Å². The average Bonchev–Trinajstić information content (AvgIpc) is 3.04. The Labute approximate surface area is 125 Å². The molecule has 0 radical (unpaired) electrons. The fourth-order valence-corrected chi connectivity index (χ4v) is 2.88. The number of thiophene rings is 1. The Morgan fingerprint density at radius 1 is 1.43 bits per heavy atom. The second-order valence-electron chi connectivity index (χ2n) is 4.21. The van der Waals surface area contributed by atoms with Crippen molar-refractivity contribution in [3.63, 3.8) is 0 Å². The molecule has 0 aliphatic rings. The second kappa shape index (κ2) is 6.49. The van der Waals surface area contributed by atoms with Gasteiger partial charge in [0.1, 0.15) is 5.00 Å². The van der Waals surface area contributed by atoms with Crippen LogP contribution in [0.2, 0.25) is 0 Å². The number of esters is 1. The molecule has 0 fully saturated rings. The first kappa shape index (κ1) is 15.2. The molecule has 0 atom stereocenters. The first-order valence-electron chi connectivity index (χ1n) is 6.48. The van der Waals surface area contributed by atoms with E-state index in [0.29, 0.717) is 16.3 Å². The largest absolute Gasteiger partial charge is 0.481 e. The van der Waals surface area contributed by atoms with E-state index in [2.05, 4.69) is 10.3 Å². The number of carboxylic acids is 1. The van der Waals surface area contributed by atoms with Crippen LogP contribution in [0, 0.1) is 0 Å². The number of aryl methyl sites for hydroxylation is 1. The number of carbonyl (C=O) groups excluding carboxylic acids is 1. The Balaban J connectivity index is 2.47. The van der Waals surface area contributed by atoms with E-state index in [1.54, 1.807) is 13.0 Å². The van der Waals surface area contributed by atoms with Crippen molar-refractivity contribution < 1.29 is 19.4 Å². The molecule has 2 aromatic rings. The Bertz CT molecular complexity index is 662. The number of aromatic nitrogens is 3. The van der Waals surface area contributed by atoms with Gasteiger partial charge < -0.3 is 9.84 Å². The molecule has 0 aliphatic heterocycles. The van der Waals surface area contributed by atoms with Crippen LogP contribution in [0.4, 0.5) is 0 Å². The molecular weight excluding hydrogens is 294 g/mol. The van der Waals surface area contributed by atoms with E-state index < -0.39 is 11.9 Å². The minimum absolute atomic E-state index is 0.214. The lowest BCUT2D eigenvalue weighted by Gasteiger charge is -2.05. The minimum atomic E-state index is -0.983.